The maximum atomic E-state index is 5.79. The van der Waals surface area contributed by atoms with Gasteiger partial charge in [0.2, 0.25) is 0 Å². The maximum Gasteiger partial charge on any atom is 0.0969 e. The Bertz CT molecular complexity index is 253. The first kappa shape index (κ1) is 10.2. The van der Waals surface area contributed by atoms with Gasteiger partial charge in [0.05, 0.1) is 6.10 Å². The smallest absolute Gasteiger partial charge is 0.0969 e. The minimum absolute atomic E-state index is 0.000556. The second-order valence-electron chi connectivity index (χ2n) is 3.43. The quantitative estimate of drug-likeness (QED) is 0.770. The largest absolute Gasteiger partial charge is 0.375 e. The molecule has 0 aliphatic rings. The molecule has 1 aromatic rings. The number of hydrogen-bond acceptors (Lipinski definition) is 2. The van der Waals surface area contributed by atoms with Crippen LogP contribution in [0.1, 0.15) is 24.2 Å². The monoisotopic (exact) mass is 179 g/mol. The van der Waals surface area contributed by atoms with Crippen LogP contribution < -0.4 is 5.73 Å². The van der Waals surface area contributed by atoms with E-state index in [4.69, 9.17) is 10.5 Å². The van der Waals surface area contributed by atoms with Crippen LogP contribution in [0.5, 0.6) is 0 Å². The molecule has 0 saturated heterocycles. The van der Waals surface area contributed by atoms with Gasteiger partial charge in [-0.25, -0.2) is 0 Å². The van der Waals surface area contributed by atoms with Crippen LogP contribution in [0.25, 0.3) is 0 Å². The van der Waals surface area contributed by atoms with Crippen LogP contribution in [-0.4, -0.2) is 13.2 Å². The third-order valence-electron chi connectivity index (χ3n) is 2.14. The molecule has 0 fully saturated rings. The Morgan fingerprint density at radius 2 is 1.77 bits per heavy atom. The van der Waals surface area contributed by atoms with E-state index in [-0.39, 0.29) is 12.1 Å². The number of hydrogen-bond donors (Lipinski definition) is 1. The zero-order chi connectivity index (χ0) is 9.84. The molecule has 0 bridgehead atoms. The lowest BCUT2D eigenvalue weighted by atomic mass is 10.0. The molecule has 1 aromatic carbocycles. The number of methoxy groups -OCH3 is 1. The zero-order valence-electron chi connectivity index (χ0n) is 8.45. The first-order valence-electron chi connectivity index (χ1n) is 4.50. The maximum absolute atomic E-state index is 5.79. The SMILES string of the molecule is CO[C@@H](c1ccc(C)cc1)[C@@H](C)N. The molecule has 0 aliphatic heterocycles. The highest BCUT2D eigenvalue weighted by Crippen LogP contribution is 2.19. The van der Waals surface area contributed by atoms with Gasteiger partial charge in [-0.05, 0) is 19.4 Å². The number of aryl methyl sites for hydroxylation is 1. The van der Waals surface area contributed by atoms with Crippen molar-refractivity contribution in [2.24, 2.45) is 5.73 Å². The van der Waals surface area contributed by atoms with Gasteiger partial charge in [-0.3, -0.25) is 0 Å². The summed E-state index contributed by atoms with van der Waals surface area (Å²) < 4.78 is 5.31. The average Bonchev–Trinajstić information content (AvgIpc) is 2.09. The predicted molar refractivity (Wildman–Crippen MR) is 54.6 cm³/mol. The van der Waals surface area contributed by atoms with E-state index in [1.807, 2.05) is 6.92 Å². The van der Waals surface area contributed by atoms with Crippen LogP contribution in [0.15, 0.2) is 24.3 Å². The minimum Gasteiger partial charge on any atom is -0.375 e. The second-order valence-corrected chi connectivity index (χ2v) is 3.43. The van der Waals surface area contributed by atoms with Crippen LogP contribution in [0.4, 0.5) is 0 Å². The highest BCUT2D eigenvalue weighted by Gasteiger charge is 2.14. The van der Waals surface area contributed by atoms with Crippen molar-refractivity contribution in [2.45, 2.75) is 26.0 Å². The van der Waals surface area contributed by atoms with E-state index >= 15 is 0 Å². The molecule has 72 valence electrons. The Labute approximate surface area is 79.7 Å². The predicted octanol–water partition coefficient (Wildman–Crippen LogP) is 2.03. The summed E-state index contributed by atoms with van der Waals surface area (Å²) in [5.41, 5.74) is 8.19. The molecule has 2 nitrogen and oxygen atoms in total. The summed E-state index contributed by atoms with van der Waals surface area (Å²) in [7, 11) is 1.69. The molecule has 0 aromatic heterocycles. The standard InChI is InChI=1S/C11H17NO/c1-8-4-6-10(7-5-8)11(13-3)9(2)12/h4-7,9,11H,12H2,1-3H3/t9-,11-/m1/s1. The van der Waals surface area contributed by atoms with Crippen LogP contribution in [-0.2, 0) is 4.74 Å². The third-order valence-corrected chi connectivity index (χ3v) is 2.14. The normalized spacial score (nSPS) is 15.4. The highest BCUT2D eigenvalue weighted by atomic mass is 16.5. The van der Waals surface area contributed by atoms with E-state index in [9.17, 15) is 0 Å². The van der Waals surface area contributed by atoms with Crippen LogP contribution in [0, 0.1) is 6.92 Å². The first-order chi connectivity index (χ1) is 6.15. The van der Waals surface area contributed by atoms with E-state index in [1.54, 1.807) is 7.11 Å². The summed E-state index contributed by atoms with van der Waals surface area (Å²) in [5.74, 6) is 0. The molecule has 1 rings (SSSR count). The van der Waals surface area contributed by atoms with E-state index in [1.165, 1.54) is 5.56 Å². The Kier molecular flexibility index (Phi) is 3.46. The van der Waals surface area contributed by atoms with Gasteiger partial charge in [0.1, 0.15) is 0 Å². The fourth-order valence-corrected chi connectivity index (χ4v) is 1.41. The van der Waals surface area contributed by atoms with E-state index < -0.39 is 0 Å². The lowest BCUT2D eigenvalue weighted by molar-refractivity contribution is 0.0853. The van der Waals surface area contributed by atoms with Gasteiger partial charge in [-0.2, -0.15) is 0 Å². The van der Waals surface area contributed by atoms with Crippen LogP contribution >= 0.6 is 0 Å². The Hall–Kier alpha value is -0.860. The van der Waals surface area contributed by atoms with Crippen molar-refractivity contribution in [3.05, 3.63) is 35.4 Å². The number of benzene rings is 1. The summed E-state index contributed by atoms with van der Waals surface area (Å²) in [6.45, 7) is 4.02. The van der Waals surface area contributed by atoms with Gasteiger partial charge in [0.25, 0.3) is 0 Å². The summed E-state index contributed by atoms with van der Waals surface area (Å²) in [4.78, 5) is 0. The summed E-state index contributed by atoms with van der Waals surface area (Å²) in [5, 5.41) is 0. The fourth-order valence-electron chi connectivity index (χ4n) is 1.41. The summed E-state index contributed by atoms with van der Waals surface area (Å²) >= 11 is 0. The summed E-state index contributed by atoms with van der Waals surface area (Å²) in [6.07, 6.45) is 0.000556. The van der Waals surface area contributed by atoms with Gasteiger partial charge in [-0.15, -0.1) is 0 Å². The van der Waals surface area contributed by atoms with E-state index in [2.05, 4.69) is 31.2 Å². The van der Waals surface area contributed by atoms with Crippen LogP contribution in [0.3, 0.4) is 0 Å². The minimum atomic E-state index is 0.000556. The average molecular weight is 179 g/mol. The van der Waals surface area contributed by atoms with Crippen molar-refractivity contribution in [2.75, 3.05) is 7.11 Å². The van der Waals surface area contributed by atoms with Crippen molar-refractivity contribution in [1.29, 1.82) is 0 Å². The summed E-state index contributed by atoms with van der Waals surface area (Å²) in [6, 6.07) is 8.29. The van der Waals surface area contributed by atoms with Crippen molar-refractivity contribution < 1.29 is 4.74 Å². The molecule has 0 aliphatic carbocycles. The van der Waals surface area contributed by atoms with Gasteiger partial charge < -0.3 is 10.5 Å². The molecule has 0 heterocycles. The Morgan fingerprint density at radius 3 is 2.15 bits per heavy atom. The molecule has 2 heteroatoms. The Morgan fingerprint density at radius 1 is 1.23 bits per heavy atom. The molecule has 0 amide bonds. The lowest BCUT2D eigenvalue weighted by Crippen LogP contribution is -2.25. The number of ether oxygens (including phenoxy) is 1. The van der Waals surface area contributed by atoms with Gasteiger partial charge >= 0.3 is 0 Å². The molecule has 0 saturated carbocycles. The van der Waals surface area contributed by atoms with E-state index in [0.717, 1.165) is 5.56 Å². The zero-order valence-corrected chi connectivity index (χ0v) is 8.45. The van der Waals surface area contributed by atoms with Gasteiger partial charge in [-0.1, -0.05) is 29.8 Å². The number of rotatable bonds is 3. The van der Waals surface area contributed by atoms with Crippen molar-refractivity contribution >= 4 is 0 Å². The van der Waals surface area contributed by atoms with E-state index in [0.29, 0.717) is 0 Å². The Balaban J connectivity index is 2.86. The molecular weight excluding hydrogens is 162 g/mol. The molecule has 13 heavy (non-hydrogen) atoms. The third kappa shape index (κ3) is 2.54. The first-order valence-corrected chi connectivity index (χ1v) is 4.50. The lowest BCUT2D eigenvalue weighted by Gasteiger charge is -2.19. The van der Waals surface area contributed by atoms with Crippen molar-refractivity contribution in [3.63, 3.8) is 0 Å². The topological polar surface area (TPSA) is 35.2 Å². The fraction of sp³-hybridized carbons (Fsp3) is 0.455. The molecule has 2 N–H and O–H groups in total. The molecule has 0 unspecified atom stereocenters. The van der Waals surface area contributed by atoms with Gasteiger partial charge in [0.15, 0.2) is 0 Å². The van der Waals surface area contributed by atoms with Crippen LogP contribution in [0.2, 0.25) is 0 Å². The number of nitrogens with two attached hydrogens (primary N) is 1. The van der Waals surface area contributed by atoms with Crippen molar-refractivity contribution in [3.8, 4) is 0 Å². The van der Waals surface area contributed by atoms with Crippen molar-refractivity contribution in [1.82, 2.24) is 0 Å². The second kappa shape index (κ2) is 4.40. The molecule has 0 radical (unpaired) electrons. The van der Waals surface area contributed by atoms with Gasteiger partial charge in [0, 0.05) is 13.2 Å². The molecule has 0 spiro atoms. The highest BCUT2D eigenvalue weighted by molar-refractivity contribution is 5.24. The molecular formula is C11H17NO. The molecule has 2 atom stereocenters.